The molecule has 0 aliphatic rings. The Balaban J connectivity index is 1.76. The van der Waals surface area contributed by atoms with E-state index in [-0.39, 0.29) is 11.8 Å². The average Bonchev–Trinajstić information content (AvgIpc) is 2.64. The van der Waals surface area contributed by atoms with Gasteiger partial charge in [-0.1, -0.05) is 66.7 Å². The summed E-state index contributed by atoms with van der Waals surface area (Å²) in [4.78, 5) is 14.1. The molecule has 126 valence electrons. The van der Waals surface area contributed by atoms with E-state index in [2.05, 4.69) is 5.32 Å². The van der Waals surface area contributed by atoms with E-state index in [9.17, 15) is 9.90 Å². The summed E-state index contributed by atoms with van der Waals surface area (Å²) in [6, 6.07) is 24.4. The number of benzene rings is 3. The Morgan fingerprint density at radius 2 is 1.56 bits per heavy atom. The van der Waals surface area contributed by atoms with Crippen LogP contribution in [0.5, 0.6) is 5.75 Å². The van der Waals surface area contributed by atoms with Gasteiger partial charge in [-0.3, -0.25) is 0 Å². The Hall–Kier alpha value is -3.27. The lowest BCUT2D eigenvalue weighted by Crippen LogP contribution is -2.31. The van der Waals surface area contributed by atoms with Crippen LogP contribution in [0.1, 0.15) is 5.56 Å². The Morgan fingerprint density at radius 3 is 2.32 bits per heavy atom. The number of amides is 2. The van der Waals surface area contributed by atoms with E-state index in [0.29, 0.717) is 12.1 Å². The van der Waals surface area contributed by atoms with Crippen LogP contribution in [0.2, 0.25) is 0 Å². The Morgan fingerprint density at radius 1 is 0.920 bits per heavy atom. The number of hydrogen-bond acceptors (Lipinski definition) is 2. The molecule has 25 heavy (non-hydrogen) atoms. The molecule has 0 fully saturated rings. The van der Waals surface area contributed by atoms with Crippen LogP contribution < -0.4 is 5.32 Å². The molecule has 0 atom stereocenters. The van der Waals surface area contributed by atoms with Crippen molar-refractivity contribution in [3.63, 3.8) is 0 Å². The topological polar surface area (TPSA) is 52.6 Å². The van der Waals surface area contributed by atoms with E-state index in [1.165, 1.54) is 4.90 Å². The first kappa shape index (κ1) is 16.6. The third-order valence-electron chi connectivity index (χ3n) is 4.00. The lowest BCUT2D eigenvalue weighted by atomic mass is 10.0. The molecule has 0 radical (unpaired) electrons. The molecule has 0 aliphatic heterocycles. The van der Waals surface area contributed by atoms with Crippen molar-refractivity contribution >= 4 is 11.7 Å². The highest BCUT2D eigenvalue weighted by atomic mass is 16.3. The summed E-state index contributed by atoms with van der Waals surface area (Å²) in [6.07, 6.45) is 0. The van der Waals surface area contributed by atoms with Crippen LogP contribution in [0.25, 0.3) is 11.1 Å². The summed E-state index contributed by atoms with van der Waals surface area (Å²) in [7, 11) is 1.70. The predicted molar refractivity (Wildman–Crippen MR) is 100 cm³/mol. The molecular formula is C21H20N2O2. The molecule has 4 heteroatoms. The van der Waals surface area contributed by atoms with Crippen LogP contribution in [-0.4, -0.2) is 23.1 Å². The summed E-state index contributed by atoms with van der Waals surface area (Å²) < 4.78 is 0. The van der Waals surface area contributed by atoms with Gasteiger partial charge in [0.15, 0.2) is 0 Å². The maximum atomic E-state index is 12.5. The van der Waals surface area contributed by atoms with E-state index in [4.69, 9.17) is 0 Å². The molecule has 0 heterocycles. The van der Waals surface area contributed by atoms with Gasteiger partial charge in [0, 0.05) is 18.2 Å². The minimum absolute atomic E-state index is 0.187. The fourth-order valence-corrected chi connectivity index (χ4v) is 2.64. The zero-order valence-corrected chi connectivity index (χ0v) is 14.0. The largest absolute Gasteiger partial charge is 0.508 e. The molecule has 2 amide bonds. The van der Waals surface area contributed by atoms with Gasteiger partial charge >= 0.3 is 6.03 Å². The van der Waals surface area contributed by atoms with Crippen LogP contribution in [0, 0.1) is 0 Å². The molecule has 0 saturated heterocycles. The third kappa shape index (κ3) is 3.98. The van der Waals surface area contributed by atoms with Crippen LogP contribution in [0.15, 0.2) is 78.9 Å². The number of carbonyl (C=O) groups excluding carboxylic acids is 1. The van der Waals surface area contributed by atoms with Gasteiger partial charge in [0.05, 0.1) is 12.2 Å². The third-order valence-corrected chi connectivity index (χ3v) is 4.00. The van der Waals surface area contributed by atoms with Crippen molar-refractivity contribution in [3.8, 4) is 16.9 Å². The van der Waals surface area contributed by atoms with Gasteiger partial charge in [0.2, 0.25) is 0 Å². The average molecular weight is 332 g/mol. The minimum atomic E-state index is -0.230. The van der Waals surface area contributed by atoms with Gasteiger partial charge in [-0.05, 0) is 17.7 Å². The van der Waals surface area contributed by atoms with Crippen molar-refractivity contribution in [3.05, 3.63) is 84.4 Å². The lowest BCUT2D eigenvalue weighted by molar-refractivity contribution is 0.220. The van der Waals surface area contributed by atoms with E-state index in [1.807, 2.05) is 60.7 Å². The Labute approximate surface area is 147 Å². The van der Waals surface area contributed by atoms with Gasteiger partial charge < -0.3 is 15.3 Å². The second-order valence-electron chi connectivity index (χ2n) is 5.83. The quantitative estimate of drug-likeness (QED) is 0.726. The summed E-state index contributed by atoms with van der Waals surface area (Å²) >= 11 is 0. The maximum absolute atomic E-state index is 12.5. The zero-order valence-electron chi connectivity index (χ0n) is 14.0. The number of rotatable bonds is 4. The molecule has 0 aromatic heterocycles. The number of phenols is 1. The number of para-hydroxylation sites is 2. The highest BCUT2D eigenvalue weighted by Gasteiger charge is 2.13. The highest BCUT2D eigenvalue weighted by Crippen LogP contribution is 2.28. The second-order valence-corrected chi connectivity index (χ2v) is 5.83. The van der Waals surface area contributed by atoms with Crippen molar-refractivity contribution in [1.82, 2.24) is 4.90 Å². The zero-order chi connectivity index (χ0) is 17.6. The first-order valence-corrected chi connectivity index (χ1v) is 8.08. The Bertz CT molecular complexity index is 863. The monoisotopic (exact) mass is 332 g/mol. The summed E-state index contributed by atoms with van der Waals surface area (Å²) in [5.41, 5.74) is 3.47. The molecule has 4 nitrogen and oxygen atoms in total. The number of hydrogen-bond donors (Lipinski definition) is 2. The molecule has 0 bridgehead atoms. The number of nitrogens with zero attached hydrogens (tertiary/aromatic N) is 1. The van der Waals surface area contributed by atoms with Crippen LogP contribution in [0.4, 0.5) is 10.5 Å². The first-order chi connectivity index (χ1) is 12.1. The van der Waals surface area contributed by atoms with Crippen molar-refractivity contribution in [1.29, 1.82) is 0 Å². The van der Waals surface area contributed by atoms with Gasteiger partial charge in [-0.2, -0.15) is 0 Å². The van der Waals surface area contributed by atoms with E-state index < -0.39 is 0 Å². The summed E-state index contributed by atoms with van der Waals surface area (Å²) in [5, 5.41) is 12.8. The molecule has 3 aromatic rings. The number of carbonyl (C=O) groups is 1. The predicted octanol–water partition coefficient (Wildman–Crippen LogP) is 4.72. The molecule has 0 spiro atoms. The first-order valence-electron chi connectivity index (χ1n) is 8.08. The highest BCUT2D eigenvalue weighted by molar-refractivity contribution is 5.94. The number of urea groups is 1. The van der Waals surface area contributed by atoms with Crippen LogP contribution in [0.3, 0.4) is 0 Å². The van der Waals surface area contributed by atoms with Gasteiger partial charge in [0.1, 0.15) is 5.75 Å². The van der Waals surface area contributed by atoms with Crippen molar-refractivity contribution in [2.75, 3.05) is 12.4 Å². The number of aromatic hydroxyl groups is 1. The number of phenolic OH excluding ortho intramolecular Hbond substituents is 1. The molecular weight excluding hydrogens is 312 g/mol. The summed E-state index contributed by atoms with van der Waals surface area (Å²) in [6.45, 7) is 0.325. The maximum Gasteiger partial charge on any atom is 0.321 e. The normalized spacial score (nSPS) is 10.3. The minimum Gasteiger partial charge on any atom is -0.508 e. The Kier molecular flexibility index (Phi) is 5.00. The van der Waals surface area contributed by atoms with Crippen LogP contribution >= 0.6 is 0 Å². The van der Waals surface area contributed by atoms with Gasteiger partial charge in [0.25, 0.3) is 0 Å². The SMILES string of the molecule is CN(Cc1ccccc1O)C(=O)Nc1ccccc1-c1ccccc1. The fraction of sp³-hybridized carbons (Fsp3) is 0.0952. The molecule has 2 N–H and O–H groups in total. The molecule has 0 unspecified atom stereocenters. The van der Waals surface area contributed by atoms with Crippen molar-refractivity contribution in [2.24, 2.45) is 0 Å². The number of anilines is 1. The second kappa shape index (κ2) is 7.53. The van der Waals surface area contributed by atoms with E-state index >= 15 is 0 Å². The molecule has 3 rings (SSSR count). The fourth-order valence-electron chi connectivity index (χ4n) is 2.64. The van der Waals surface area contributed by atoms with Crippen LogP contribution in [-0.2, 0) is 6.54 Å². The summed E-state index contributed by atoms with van der Waals surface area (Å²) in [5.74, 6) is 0.187. The van der Waals surface area contributed by atoms with E-state index in [0.717, 1.165) is 16.8 Å². The smallest absolute Gasteiger partial charge is 0.321 e. The molecule has 3 aromatic carbocycles. The van der Waals surface area contributed by atoms with Crippen molar-refractivity contribution in [2.45, 2.75) is 6.54 Å². The molecule has 0 saturated carbocycles. The molecule has 0 aliphatic carbocycles. The van der Waals surface area contributed by atoms with E-state index in [1.54, 1.807) is 25.2 Å². The standard InChI is InChI=1S/C21H20N2O2/c1-23(15-17-11-5-8-14-20(17)24)21(25)22-19-13-7-6-12-18(19)16-9-3-2-4-10-16/h2-14,24H,15H2,1H3,(H,22,25). The number of nitrogens with one attached hydrogen (secondary N) is 1. The van der Waals surface area contributed by atoms with Crippen molar-refractivity contribution < 1.29 is 9.90 Å². The van der Waals surface area contributed by atoms with Gasteiger partial charge in [-0.25, -0.2) is 4.79 Å². The lowest BCUT2D eigenvalue weighted by Gasteiger charge is -2.20. The van der Waals surface area contributed by atoms with Gasteiger partial charge in [-0.15, -0.1) is 0 Å².